The molecule has 0 spiro atoms. The normalized spacial score (nSPS) is 12.4. The highest BCUT2D eigenvalue weighted by Gasteiger charge is 2.42. The van der Waals surface area contributed by atoms with E-state index in [-0.39, 0.29) is 11.1 Å². The van der Waals surface area contributed by atoms with Gasteiger partial charge in [-0.05, 0) is 13.8 Å². The zero-order valence-corrected chi connectivity index (χ0v) is 12.8. The first-order chi connectivity index (χ1) is 10.1. The number of ether oxygens (including phenoxy) is 4. The Balaban J connectivity index is 5.53. The van der Waals surface area contributed by atoms with E-state index in [0.717, 1.165) is 14.2 Å². The fourth-order valence-electron chi connectivity index (χ4n) is 1.13. The molecule has 22 heavy (non-hydrogen) atoms. The fraction of sp³-hybridized carbons (Fsp3) is 0.429. The lowest BCUT2D eigenvalue weighted by Gasteiger charge is -2.23. The second-order valence-corrected chi connectivity index (χ2v) is 4.26. The molecule has 8 heteroatoms. The highest BCUT2D eigenvalue weighted by Crippen LogP contribution is 2.13. The van der Waals surface area contributed by atoms with Gasteiger partial charge in [-0.25, -0.2) is 19.2 Å². The Kier molecular flexibility index (Phi) is 7.57. The van der Waals surface area contributed by atoms with E-state index in [1.165, 1.54) is 13.8 Å². The van der Waals surface area contributed by atoms with Crippen molar-refractivity contribution < 1.29 is 38.1 Å². The molecule has 0 rings (SSSR count). The zero-order valence-electron chi connectivity index (χ0n) is 12.8. The Hall–Kier alpha value is -2.64. The second kappa shape index (κ2) is 8.60. The third kappa shape index (κ3) is 5.39. The van der Waals surface area contributed by atoms with Gasteiger partial charge in [0.15, 0.2) is 0 Å². The smallest absolute Gasteiger partial charge is 0.351 e. The van der Waals surface area contributed by atoms with Gasteiger partial charge in [0.05, 0.1) is 14.2 Å². The van der Waals surface area contributed by atoms with Gasteiger partial charge in [0.2, 0.25) is 12.2 Å². The molecule has 0 N–H and O–H groups in total. The van der Waals surface area contributed by atoms with Crippen LogP contribution in [0, 0.1) is 0 Å². The van der Waals surface area contributed by atoms with Gasteiger partial charge in [-0.1, -0.05) is 13.2 Å². The van der Waals surface area contributed by atoms with Gasteiger partial charge in [0, 0.05) is 11.1 Å². The summed E-state index contributed by atoms with van der Waals surface area (Å²) in [7, 11) is 2.03. The molecule has 0 bridgehead atoms. The van der Waals surface area contributed by atoms with Crippen molar-refractivity contribution in [3.8, 4) is 0 Å². The number of methoxy groups -OCH3 is 2. The molecule has 0 aromatic heterocycles. The Morgan fingerprint density at radius 3 is 1.18 bits per heavy atom. The number of hydrogen-bond donors (Lipinski definition) is 0. The van der Waals surface area contributed by atoms with Crippen LogP contribution in [0.15, 0.2) is 24.3 Å². The number of hydrogen-bond acceptors (Lipinski definition) is 8. The molecule has 0 heterocycles. The van der Waals surface area contributed by atoms with Gasteiger partial charge >= 0.3 is 23.9 Å². The van der Waals surface area contributed by atoms with Crippen molar-refractivity contribution in [1.82, 2.24) is 0 Å². The zero-order chi connectivity index (χ0) is 17.4. The van der Waals surface area contributed by atoms with Crippen LogP contribution in [0.2, 0.25) is 0 Å². The Labute approximate surface area is 127 Å². The summed E-state index contributed by atoms with van der Waals surface area (Å²) in [5.74, 6) is -4.12. The lowest BCUT2D eigenvalue weighted by molar-refractivity contribution is -0.187. The first-order valence-corrected chi connectivity index (χ1v) is 6.04. The summed E-state index contributed by atoms with van der Waals surface area (Å²) >= 11 is 0. The van der Waals surface area contributed by atoms with Crippen LogP contribution in [0.3, 0.4) is 0 Å². The standard InChI is InChI=1S/C14H18O8/c1-7(2)11(15)21-9(13(17)19-5)10(14(18)20-6)22-12(16)8(3)4/h9-10H,1,3H2,2,4-6H3/t9-,10+. The number of carbonyl (C=O) groups is 4. The summed E-state index contributed by atoms with van der Waals surface area (Å²) in [6.45, 7) is 9.36. The van der Waals surface area contributed by atoms with Crippen molar-refractivity contribution in [2.75, 3.05) is 14.2 Å². The Morgan fingerprint density at radius 2 is 1.00 bits per heavy atom. The largest absolute Gasteiger partial charge is 0.466 e. The minimum atomic E-state index is -1.83. The van der Waals surface area contributed by atoms with Gasteiger partial charge in [0.1, 0.15) is 0 Å². The first kappa shape index (κ1) is 19.4. The molecule has 0 aromatic carbocycles. The van der Waals surface area contributed by atoms with E-state index in [9.17, 15) is 19.2 Å². The van der Waals surface area contributed by atoms with Crippen LogP contribution >= 0.6 is 0 Å². The summed E-state index contributed by atoms with van der Waals surface area (Å²) in [5, 5.41) is 0. The van der Waals surface area contributed by atoms with Gasteiger partial charge < -0.3 is 18.9 Å². The molecule has 0 unspecified atom stereocenters. The van der Waals surface area contributed by atoms with Crippen LogP contribution in [0.1, 0.15) is 13.8 Å². The second-order valence-electron chi connectivity index (χ2n) is 4.26. The minimum Gasteiger partial charge on any atom is -0.466 e. The van der Waals surface area contributed by atoms with E-state index < -0.39 is 36.1 Å². The molecule has 2 atom stereocenters. The molecule has 0 radical (unpaired) electrons. The molecule has 0 aliphatic rings. The number of rotatable bonds is 7. The van der Waals surface area contributed by atoms with Crippen molar-refractivity contribution in [3.63, 3.8) is 0 Å². The Morgan fingerprint density at radius 1 is 0.727 bits per heavy atom. The van der Waals surface area contributed by atoms with E-state index in [2.05, 4.69) is 22.6 Å². The van der Waals surface area contributed by atoms with Crippen LogP contribution < -0.4 is 0 Å². The fourth-order valence-corrected chi connectivity index (χ4v) is 1.13. The molecule has 0 fully saturated rings. The van der Waals surface area contributed by atoms with Gasteiger partial charge in [-0.15, -0.1) is 0 Å². The summed E-state index contributed by atoms with van der Waals surface area (Å²) in [6, 6.07) is 0. The molecule has 122 valence electrons. The lowest BCUT2D eigenvalue weighted by Crippen LogP contribution is -2.47. The van der Waals surface area contributed by atoms with Crippen molar-refractivity contribution in [1.29, 1.82) is 0 Å². The molecule has 0 aromatic rings. The SMILES string of the molecule is C=C(C)C(=O)O[C@H](C(=O)OC)[C@@H](OC(=O)C(=C)C)C(=O)OC. The molecular weight excluding hydrogens is 296 g/mol. The highest BCUT2D eigenvalue weighted by molar-refractivity contribution is 5.94. The van der Waals surface area contributed by atoms with Crippen molar-refractivity contribution >= 4 is 23.9 Å². The molecule has 0 aliphatic heterocycles. The monoisotopic (exact) mass is 314 g/mol. The quantitative estimate of drug-likeness (QED) is 0.375. The van der Waals surface area contributed by atoms with E-state index >= 15 is 0 Å². The highest BCUT2D eigenvalue weighted by atomic mass is 16.6. The number of esters is 4. The number of carbonyl (C=O) groups excluding carboxylic acids is 4. The molecule has 0 amide bonds. The van der Waals surface area contributed by atoms with Crippen molar-refractivity contribution in [2.45, 2.75) is 26.1 Å². The van der Waals surface area contributed by atoms with Crippen LogP contribution in [0.4, 0.5) is 0 Å². The maximum Gasteiger partial charge on any atom is 0.351 e. The van der Waals surface area contributed by atoms with Crippen LogP contribution in [-0.2, 0) is 38.1 Å². The molecular formula is C14H18O8. The molecule has 8 nitrogen and oxygen atoms in total. The molecule has 0 aliphatic carbocycles. The van der Waals surface area contributed by atoms with Gasteiger partial charge in [-0.3, -0.25) is 0 Å². The van der Waals surface area contributed by atoms with E-state index in [1.807, 2.05) is 0 Å². The van der Waals surface area contributed by atoms with Crippen molar-refractivity contribution in [2.24, 2.45) is 0 Å². The van der Waals surface area contributed by atoms with Gasteiger partial charge in [-0.2, -0.15) is 0 Å². The van der Waals surface area contributed by atoms with E-state index in [1.54, 1.807) is 0 Å². The van der Waals surface area contributed by atoms with Crippen LogP contribution in [0.25, 0.3) is 0 Å². The minimum absolute atomic E-state index is 0.0243. The predicted octanol–water partition coefficient (Wildman–Crippen LogP) is 0.308. The van der Waals surface area contributed by atoms with Crippen LogP contribution in [-0.4, -0.2) is 50.3 Å². The third-order valence-corrected chi connectivity index (χ3v) is 2.31. The average Bonchev–Trinajstić information content (AvgIpc) is 2.48. The maximum atomic E-state index is 11.7. The van der Waals surface area contributed by atoms with Gasteiger partial charge in [0.25, 0.3) is 0 Å². The van der Waals surface area contributed by atoms with Crippen LogP contribution in [0.5, 0.6) is 0 Å². The summed E-state index contributed by atoms with van der Waals surface area (Å²) in [4.78, 5) is 46.6. The predicted molar refractivity (Wildman–Crippen MR) is 73.4 cm³/mol. The molecule has 0 saturated heterocycles. The third-order valence-electron chi connectivity index (χ3n) is 2.31. The summed E-state index contributed by atoms with van der Waals surface area (Å²) in [5.41, 5.74) is -0.0486. The first-order valence-electron chi connectivity index (χ1n) is 6.04. The summed E-state index contributed by atoms with van der Waals surface area (Å²) < 4.78 is 18.5. The van der Waals surface area contributed by atoms with E-state index in [4.69, 9.17) is 9.47 Å². The Bertz CT molecular complexity index is 459. The summed E-state index contributed by atoms with van der Waals surface area (Å²) in [6.07, 6.45) is -3.66. The maximum absolute atomic E-state index is 11.7. The topological polar surface area (TPSA) is 105 Å². The van der Waals surface area contributed by atoms with Crippen molar-refractivity contribution in [3.05, 3.63) is 24.3 Å². The molecule has 0 saturated carbocycles. The average molecular weight is 314 g/mol. The lowest BCUT2D eigenvalue weighted by atomic mass is 10.2. The van der Waals surface area contributed by atoms with E-state index in [0.29, 0.717) is 0 Å².